The number of aromatic nitrogens is 5. The van der Waals surface area contributed by atoms with Gasteiger partial charge in [-0.25, -0.2) is 18.7 Å². The van der Waals surface area contributed by atoms with Crippen LogP contribution in [0, 0.1) is 11.3 Å². The summed E-state index contributed by atoms with van der Waals surface area (Å²) in [5, 5.41) is 20.5. The lowest BCUT2D eigenvalue weighted by Crippen LogP contribution is -2.56. The number of halogens is 2. The Kier molecular flexibility index (Phi) is 6.61. The van der Waals surface area contributed by atoms with Gasteiger partial charge in [-0.1, -0.05) is 0 Å². The maximum atomic E-state index is 14.1. The van der Waals surface area contributed by atoms with E-state index < -0.39 is 12.0 Å². The topological polar surface area (TPSA) is 136 Å². The highest BCUT2D eigenvalue weighted by atomic mass is 19.3. The molecule has 1 amide bonds. The summed E-state index contributed by atoms with van der Waals surface area (Å²) in [7, 11) is 0. The third kappa shape index (κ3) is 4.86. The SMILES string of the molecule is CCOc1ccc(N2C(=O)[C@@H](C)N(C3CCC(F)(F)CC3)c3nc(Nc4cnc5[nH]ncc5c4)ncc32)cc1C#N. The molecule has 11 nitrogen and oxygen atoms in total. The van der Waals surface area contributed by atoms with Gasteiger partial charge in [0, 0.05) is 24.3 Å². The predicted molar refractivity (Wildman–Crippen MR) is 148 cm³/mol. The number of alkyl halides is 2. The molecule has 0 saturated heterocycles. The second-order valence-electron chi connectivity index (χ2n) is 10.1. The Morgan fingerprint density at radius 3 is 2.76 bits per heavy atom. The number of pyridine rings is 1. The fourth-order valence-electron chi connectivity index (χ4n) is 5.50. The highest BCUT2D eigenvalue weighted by Crippen LogP contribution is 2.45. The molecule has 1 aliphatic carbocycles. The normalized spacial score (nSPS) is 18.7. The van der Waals surface area contributed by atoms with E-state index in [-0.39, 0.29) is 49.1 Å². The molecule has 6 rings (SSSR count). The van der Waals surface area contributed by atoms with Crippen molar-refractivity contribution >= 4 is 45.8 Å². The third-order valence-corrected chi connectivity index (χ3v) is 7.50. The number of benzene rings is 1. The lowest BCUT2D eigenvalue weighted by atomic mass is 9.89. The number of amides is 1. The fraction of sp³-hybridized carbons (Fsp3) is 0.357. The molecule has 0 unspecified atom stereocenters. The second-order valence-corrected chi connectivity index (χ2v) is 10.1. The largest absolute Gasteiger partial charge is 0.492 e. The van der Waals surface area contributed by atoms with Gasteiger partial charge >= 0.3 is 0 Å². The standard InChI is InChI=1S/C28H27F2N9O2/c1-3-41-23-5-4-21(11-17(23)12-31)39-22-15-33-27(35-19-10-18-13-34-37-24(18)32-14-19)36-25(22)38(16(2)26(39)40)20-6-8-28(29,30)9-7-20/h4-5,10-11,13-16,20H,3,6-9H2,1-2H3,(H,32,34,37)(H,33,35,36)/t16-/m1/s1. The van der Waals surface area contributed by atoms with E-state index in [1.54, 1.807) is 37.5 Å². The van der Waals surface area contributed by atoms with E-state index in [0.717, 1.165) is 5.39 Å². The van der Waals surface area contributed by atoms with Crippen LogP contribution in [-0.4, -0.2) is 55.7 Å². The van der Waals surface area contributed by atoms with Gasteiger partial charge in [-0.15, -0.1) is 0 Å². The van der Waals surface area contributed by atoms with Crippen LogP contribution >= 0.6 is 0 Å². The first-order chi connectivity index (χ1) is 19.8. The summed E-state index contributed by atoms with van der Waals surface area (Å²) in [6, 6.07) is 7.90. The summed E-state index contributed by atoms with van der Waals surface area (Å²) in [4.78, 5) is 30.8. The molecule has 210 valence electrons. The van der Waals surface area contributed by atoms with Crippen molar-refractivity contribution in [2.45, 2.75) is 57.5 Å². The Morgan fingerprint density at radius 2 is 2.00 bits per heavy atom. The molecule has 2 aliphatic rings. The van der Waals surface area contributed by atoms with E-state index in [2.05, 4.69) is 31.6 Å². The van der Waals surface area contributed by atoms with Crippen molar-refractivity contribution in [3.63, 3.8) is 0 Å². The van der Waals surface area contributed by atoms with Gasteiger partial charge < -0.3 is 15.0 Å². The molecule has 2 N–H and O–H groups in total. The number of H-pyrrole nitrogens is 1. The molecule has 1 aromatic carbocycles. The summed E-state index contributed by atoms with van der Waals surface area (Å²) < 4.78 is 33.7. The monoisotopic (exact) mass is 559 g/mol. The number of ether oxygens (including phenoxy) is 1. The summed E-state index contributed by atoms with van der Waals surface area (Å²) in [5.74, 6) is -1.89. The number of anilines is 5. The lowest BCUT2D eigenvalue weighted by Gasteiger charge is -2.46. The Hall–Kier alpha value is -4.86. The van der Waals surface area contributed by atoms with E-state index >= 15 is 0 Å². The van der Waals surface area contributed by atoms with E-state index in [9.17, 15) is 18.8 Å². The Morgan fingerprint density at radius 1 is 1.20 bits per heavy atom. The molecular formula is C28H27F2N9O2. The van der Waals surface area contributed by atoms with Crippen LogP contribution in [0.25, 0.3) is 11.0 Å². The van der Waals surface area contributed by atoms with Gasteiger partial charge in [-0.2, -0.15) is 15.3 Å². The zero-order chi connectivity index (χ0) is 28.7. The van der Waals surface area contributed by atoms with E-state index in [1.807, 2.05) is 17.9 Å². The average Bonchev–Trinajstić information content (AvgIpc) is 3.43. The van der Waals surface area contributed by atoms with Crippen molar-refractivity contribution in [1.29, 1.82) is 5.26 Å². The average molecular weight is 560 g/mol. The summed E-state index contributed by atoms with van der Waals surface area (Å²) in [6.07, 6.45) is 4.73. The van der Waals surface area contributed by atoms with Crippen LogP contribution in [0.3, 0.4) is 0 Å². The molecule has 1 aliphatic heterocycles. The molecular weight excluding hydrogens is 532 g/mol. The first-order valence-corrected chi connectivity index (χ1v) is 13.4. The van der Waals surface area contributed by atoms with Crippen molar-refractivity contribution in [3.05, 3.63) is 48.4 Å². The minimum Gasteiger partial charge on any atom is -0.492 e. The Bertz CT molecular complexity index is 1660. The van der Waals surface area contributed by atoms with Gasteiger partial charge in [0.05, 0.1) is 42.1 Å². The van der Waals surface area contributed by atoms with Crippen molar-refractivity contribution < 1.29 is 18.3 Å². The first kappa shape index (κ1) is 26.4. The quantitative estimate of drug-likeness (QED) is 0.326. The molecule has 4 heterocycles. The zero-order valence-electron chi connectivity index (χ0n) is 22.4. The minimum absolute atomic E-state index is 0.222. The first-order valence-electron chi connectivity index (χ1n) is 13.4. The van der Waals surface area contributed by atoms with Crippen molar-refractivity contribution in [2.75, 3.05) is 21.7 Å². The lowest BCUT2D eigenvalue weighted by molar-refractivity contribution is -0.119. The smallest absolute Gasteiger partial charge is 0.254 e. The number of carbonyl (C=O) groups excluding carboxylic acids is 1. The van der Waals surface area contributed by atoms with Crippen LogP contribution in [0.15, 0.2) is 42.9 Å². The molecule has 13 heteroatoms. The molecule has 0 radical (unpaired) electrons. The van der Waals surface area contributed by atoms with Gasteiger partial charge in [0.15, 0.2) is 11.5 Å². The molecule has 0 bridgehead atoms. The van der Waals surface area contributed by atoms with Crippen molar-refractivity contribution in [3.8, 4) is 11.8 Å². The fourth-order valence-corrected chi connectivity index (χ4v) is 5.50. The number of hydrogen-bond acceptors (Lipinski definition) is 9. The number of carbonyl (C=O) groups is 1. The highest BCUT2D eigenvalue weighted by Gasteiger charge is 2.45. The van der Waals surface area contributed by atoms with Gasteiger partial charge in [-0.3, -0.25) is 14.8 Å². The molecule has 1 fully saturated rings. The molecule has 3 aromatic heterocycles. The zero-order valence-corrected chi connectivity index (χ0v) is 22.4. The molecule has 41 heavy (non-hydrogen) atoms. The number of nitrogens with zero attached hydrogens (tertiary/aromatic N) is 7. The van der Waals surface area contributed by atoms with E-state index in [1.165, 1.54) is 11.1 Å². The van der Waals surface area contributed by atoms with Gasteiger partial charge in [0.25, 0.3) is 5.91 Å². The number of nitrogens with one attached hydrogen (secondary N) is 2. The summed E-state index contributed by atoms with van der Waals surface area (Å²) in [5.41, 5.74) is 2.40. The van der Waals surface area contributed by atoms with Crippen molar-refractivity contribution in [2.24, 2.45) is 0 Å². The molecule has 4 aromatic rings. The molecule has 1 saturated carbocycles. The maximum absolute atomic E-state index is 14.1. The molecule has 1 atom stereocenters. The number of hydrogen-bond donors (Lipinski definition) is 2. The second kappa shape index (κ2) is 10.3. The third-order valence-electron chi connectivity index (χ3n) is 7.50. The van der Waals surface area contributed by atoms with E-state index in [0.29, 0.717) is 40.9 Å². The number of aromatic amines is 1. The van der Waals surface area contributed by atoms with Crippen molar-refractivity contribution in [1.82, 2.24) is 25.1 Å². The molecule has 0 spiro atoms. The Balaban J connectivity index is 1.43. The minimum atomic E-state index is -2.72. The predicted octanol–water partition coefficient (Wildman–Crippen LogP) is 5.21. The van der Waals surface area contributed by atoms with Crippen LogP contribution in [0.4, 0.5) is 37.6 Å². The number of fused-ring (bicyclic) bond motifs is 2. The highest BCUT2D eigenvalue weighted by molar-refractivity contribution is 6.10. The van der Waals surface area contributed by atoms with Crippen LogP contribution in [-0.2, 0) is 4.79 Å². The van der Waals surface area contributed by atoms with Gasteiger partial charge in [0.2, 0.25) is 11.9 Å². The van der Waals surface area contributed by atoms with Gasteiger partial charge in [-0.05, 0) is 51.0 Å². The van der Waals surface area contributed by atoms with Crippen LogP contribution in [0.5, 0.6) is 5.75 Å². The number of nitriles is 1. The van der Waals surface area contributed by atoms with Gasteiger partial charge in [0.1, 0.15) is 23.5 Å². The van der Waals surface area contributed by atoms with Crippen LogP contribution < -0.4 is 19.9 Å². The Labute approximate surface area is 234 Å². The maximum Gasteiger partial charge on any atom is 0.254 e. The summed E-state index contributed by atoms with van der Waals surface area (Å²) >= 11 is 0. The van der Waals surface area contributed by atoms with Crippen LogP contribution in [0.2, 0.25) is 0 Å². The number of rotatable bonds is 6. The summed E-state index contributed by atoms with van der Waals surface area (Å²) in [6.45, 7) is 3.96. The van der Waals surface area contributed by atoms with Crippen LogP contribution in [0.1, 0.15) is 45.1 Å². The van der Waals surface area contributed by atoms with E-state index in [4.69, 9.17) is 9.72 Å².